The molecule has 0 unspecified atom stereocenters. The maximum Gasteiger partial charge on any atom is 0.254 e. The molecule has 2 heterocycles. The third-order valence-electron chi connectivity index (χ3n) is 5.48. The number of amides is 2. The largest absolute Gasteiger partial charge is 0.497 e. The average Bonchev–Trinajstić information content (AvgIpc) is 3.25. The molecule has 0 fully saturated rings. The van der Waals surface area contributed by atoms with Gasteiger partial charge in [-0.05, 0) is 29.3 Å². The van der Waals surface area contributed by atoms with Gasteiger partial charge in [0, 0.05) is 18.5 Å². The van der Waals surface area contributed by atoms with E-state index in [0.29, 0.717) is 22.0 Å². The zero-order valence-corrected chi connectivity index (χ0v) is 18.6. The fraction of sp³-hybridized carbons (Fsp3) is 0.304. The number of methoxy groups -OCH3 is 1. The standard InChI is InChI=1S/C23H24N4O3S/c1-13(2)21-25-26-23(31-21)24-20(28)18-16-7-5-6-8-17(16)22(29)27(3)19(18)14-9-11-15(30-4)12-10-14/h5-13,18-19H,1-4H3,(H,24,26,28)/t18-,19-/m0/s1. The van der Waals surface area contributed by atoms with Crippen LogP contribution in [0.5, 0.6) is 5.75 Å². The molecule has 0 aliphatic carbocycles. The van der Waals surface area contributed by atoms with Gasteiger partial charge in [-0.3, -0.25) is 14.9 Å². The summed E-state index contributed by atoms with van der Waals surface area (Å²) in [4.78, 5) is 28.2. The van der Waals surface area contributed by atoms with E-state index in [4.69, 9.17) is 4.74 Å². The van der Waals surface area contributed by atoms with Gasteiger partial charge in [-0.2, -0.15) is 0 Å². The fourth-order valence-corrected chi connectivity index (χ4v) is 4.63. The molecule has 160 valence electrons. The molecule has 0 bridgehead atoms. The number of nitrogens with one attached hydrogen (secondary N) is 1. The Morgan fingerprint density at radius 2 is 1.84 bits per heavy atom. The van der Waals surface area contributed by atoms with E-state index in [1.54, 1.807) is 25.1 Å². The number of hydrogen-bond acceptors (Lipinski definition) is 6. The molecule has 0 radical (unpaired) electrons. The van der Waals surface area contributed by atoms with Gasteiger partial charge in [-0.15, -0.1) is 10.2 Å². The first-order valence-corrected chi connectivity index (χ1v) is 10.9. The van der Waals surface area contributed by atoms with E-state index >= 15 is 0 Å². The Kier molecular flexibility index (Phi) is 5.73. The predicted octanol–water partition coefficient (Wildman–Crippen LogP) is 4.22. The van der Waals surface area contributed by atoms with E-state index in [1.807, 2.05) is 56.3 Å². The lowest BCUT2D eigenvalue weighted by Crippen LogP contribution is -2.44. The van der Waals surface area contributed by atoms with Crippen LogP contribution >= 0.6 is 11.3 Å². The highest BCUT2D eigenvalue weighted by Crippen LogP contribution is 2.43. The first-order chi connectivity index (χ1) is 14.9. The van der Waals surface area contributed by atoms with Gasteiger partial charge in [-0.1, -0.05) is 55.5 Å². The number of aromatic nitrogens is 2. The maximum atomic E-state index is 13.5. The van der Waals surface area contributed by atoms with Crippen LogP contribution in [-0.4, -0.2) is 41.1 Å². The number of benzene rings is 2. The molecule has 0 saturated heterocycles. The van der Waals surface area contributed by atoms with Crippen molar-refractivity contribution in [2.45, 2.75) is 31.7 Å². The molecule has 3 aromatic rings. The van der Waals surface area contributed by atoms with Crippen LogP contribution in [0.4, 0.5) is 5.13 Å². The summed E-state index contributed by atoms with van der Waals surface area (Å²) in [6.07, 6.45) is 0. The summed E-state index contributed by atoms with van der Waals surface area (Å²) in [5.41, 5.74) is 2.10. The fourth-order valence-electron chi connectivity index (χ4n) is 3.88. The minimum atomic E-state index is -0.598. The minimum absolute atomic E-state index is 0.113. The van der Waals surface area contributed by atoms with E-state index < -0.39 is 12.0 Å². The van der Waals surface area contributed by atoms with Crippen molar-refractivity contribution in [3.63, 3.8) is 0 Å². The lowest BCUT2D eigenvalue weighted by molar-refractivity contribution is -0.119. The SMILES string of the molecule is COc1ccc([C@H]2[C@@H](C(=O)Nc3nnc(C(C)C)s3)c3ccccc3C(=O)N2C)cc1. The van der Waals surface area contributed by atoms with Crippen LogP contribution in [0.3, 0.4) is 0 Å². The van der Waals surface area contributed by atoms with Gasteiger partial charge in [0.15, 0.2) is 0 Å². The molecule has 2 aromatic carbocycles. The number of likely N-dealkylation sites (N-methyl/N-ethyl adjacent to an activating group) is 1. The summed E-state index contributed by atoms with van der Waals surface area (Å²) in [5, 5.41) is 12.5. The molecule has 31 heavy (non-hydrogen) atoms. The number of nitrogens with zero attached hydrogens (tertiary/aromatic N) is 3. The Morgan fingerprint density at radius 3 is 2.48 bits per heavy atom. The predicted molar refractivity (Wildman–Crippen MR) is 120 cm³/mol. The Hall–Kier alpha value is -3.26. The number of fused-ring (bicyclic) bond motifs is 1. The third kappa shape index (κ3) is 3.90. The highest BCUT2D eigenvalue weighted by Gasteiger charge is 2.42. The van der Waals surface area contributed by atoms with E-state index in [0.717, 1.165) is 10.6 Å². The van der Waals surface area contributed by atoms with Gasteiger partial charge >= 0.3 is 0 Å². The summed E-state index contributed by atoms with van der Waals surface area (Å²) in [5.74, 6) is 0.00984. The average molecular weight is 437 g/mol. The van der Waals surface area contributed by atoms with Gasteiger partial charge < -0.3 is 9.64 Å². The Labute approximate surface area is 185 Å². The van der Waals surface area contributed by atoms with E-state index in [-0.39, 0.29) is 17.7 Å². The lowest BCUT2D eigenvalue weighted by atomic mass is 9.79. The van der Waals surface area contributed by atoms with Crippen molar-refractivity contribution < 1.29 is 14.3 Å². The molecule has 2 atom stereocenters. The number of carbonyl (C=O) groups excluding carboxylic acids is 2. The third-order valence-corrected chi connectivity index (χ3v) is 6.62. The van der Waals surface area contributed by atoms with Gasteiger partial charge in [-0.25, -0.2) is 0 Å². The van der Waals surface area contributed by atoms with E-state index in [1.165, 1.54) is 11.3 Å². The normalized spacial score (nSPS) is 18.1. The second-order valence-corrected chi connectivity index (χ2v) is 8.80. The molecule has 0 saturated carbocycles. The van der Waals surface area contributed by atoms with Gasteiger partial charge in [0.05, 0.1) is 19.1 Å². The smallest absolute Gasteiger partial charge is 0.254 e. The van der Waals surface area contributed by atoms with E-state index in [2.05, 4.69) is 15.5 Å². The van der Waals surface area contributed by atoms with Crippen molar-refractivity contribution in [2.24, 2.45) is 0 Å². The summed E-state index contributed by atoms with van der Waals surface area (Å²) < 4.78 is 5.26. The van der Waals surface area contributed by atoms with Crippen molar-refractivity contribution in [3.8, 4) is 5.75 Å². The van der Waals surface area contributed by atoms with Crippen LogP contribution in [0.15, 0.2) is 48.5 Å². The summed E-state index contributed by atoms with van der Waals surface area (Å²) in [6, 6.07) is 14.3. The van der Waals surface area contributed by atoms with Gasteiger partial charge in [0.25, 0.3) is 5.91 Å². The van der Waals surface area contributed by atoms with Crippen LogP contribution in [0.1, 0.15) is 58.2 Å². The highest BCUT2D eigenvalue weighted by atomic mass is 32.1. The Morgan fingerprint density at radius 1 is 1.13 bits per heavy atom. The second kappa shape index (κ2) is 8.47. The van der Waals surface area contributed by atoms with Crippen LogP contribution in [-0.2, 0) is 4.79 Å². The Balaban J connectivity index is 1.76. The molecular formula is C23H24N4O3S. The zero-order valence-electron chi connectivity index (χ0n) is 17.8. The van der Waals surface area contributed by atoms with Crippen molar-refractivity contribution in [2.75, 3.05) is 19.5 Å². The molecule has 8 heteroatoms. The number of rotatable bonds is 5. The first-order valence-electron chi connectivity index (χ1n) is 10.0. The molecule has 0 spiro atoms. The molecule has 1 aromatic heterocycles. The highest BCUT2D eigenvalue weighted by molar-refractivity contribution is 7.15. The monoisotopic (exact) mass is 436 g/mol. The molecule has 7 nitrogen and oxygen atoms in total. The second-order valence-electron chi connectivity index (χ2n) is 7.79. The van der Waals surface area contributed by atoms with Crippen LogP contribution in [0.2, 0.25) is 0 Å². The van der Waals surface area contributed by atoms with E-state index in [9.17, 15) is 9.59 Å². The lowest BCUT2D eigenvalue weighted by Gasteiger charge is -2.39. The zero-order chi connectivity index (χ0) is 22.1. The molecule has 1 aliphatic rings. The maximum absolute atomic E-state index is 13.5. The van der Waals surface area contributed by atoms with Crippen molar-refractivity contribution in [1.29, 1.82) is 0 Å². The summed E-state index contributed by atoms with van der Waals surface area (Å²) >= 11 is 1.37. The quantitative estimate of drug-likeness (QED) is 0.647. The van der Waals surface area contributed by atoms with Crippen molar-refractivity contribution in [3.05, 3.63) is 70.2 Å². The van der Waals surface area contributed by atoms with Crippen molar-refractivity contribution in [1.82, 2.24) is 15.1 Å². The molecule has 1 N–H and O–H groups in total. The molecule has 4 rings (SSSR count). The summed E-state index contributed by atoms with van der Waals surface area (Å²) in [6.45, 7) is 4.06. The molecule has 2 amide bonds. The van der Waals surface area contributed by atoms with Crippen LogP contribution in [0.25, 0.3) is 0 Å². The van der Waals surface area contributed by atoms with Crippen molar-refractivity contribution >= 4 is 28.3 Å². The topological polar surface area (TPSA) is 84.4 Å². The van der Waals surface area contributed by atoms with Gasteiger partial charge in [0.2, 0.25) is 11.0 Å². The van der Waals surface area contributed by atoms with Gasteiger partial charge in [0.1, 0.15) is 10.8 Å². The molecular weight excluding hydrogens is 412 g/mol. The Bertz CT molecular complexity index is 1110. The number of hydrogen-bond donors (Lipinski definition) is 1. The van der Waals surface area contributed by atoms with Crippen LogP contribution < -0.4 is 10.1 Å². The minimum Gasteiger partial charge on any atom is -0.497 e. The number of carbonyl (C=O) groups is 2. The number of ether oxygens (including phenoxy) is 1. The van der Waals surface area contributed by atoms with Crippen LogP contribution in [0, 0.1) is 0 Å². The summed E-state index contributed by atoms with van der Waals surface area (Å²) in [7, 11) is 3.33. The first kappa shape index (κ1) is 21.0. The number of anilines is 1. The molecule has 1 aliphatic heterocycles.